The minimum Gasteiger partial charge on any atom is -0.481 e. The topological polar surface area (TPSA) is 70.5 Å². The molecule has 6 heteroatoms. The summed E-state index contributed by atoms with van der Waals surface area (Å²) in [5.41, 5.74) is -0.252. The first-order chi connectivity index (χ1) is 9.96. The van der Waals surface area contributed by atoms with Gasteiger partial charge in [0.2, 0.25) is 0 Å². The minimum atomic E-state index is -0.877. The molecule has 2 rings (SSSR count). The molecule has 1 aromatic heterocycles. The van der Waals surface area contributed by atoms with E-state index in [4.69, 9.17) is 11.6 Å². The van der Waals surface area contributed by atoms with Gasteiger partial charge < -0.3 is 10.0 Å². The van der Waals surface area contributed by atoms with Gasteiger partial charge in [0.15, 0.2) is 0 Å². The second kappa shape index (κ2) is 6.43. The standard InChI is InChI=1S/C15H19ClN2O3/c1-18(14(21)11-5-8-17-10-12(11)16)15(9-13(19)20)6-3-2-4-7-15/h5,8,10H,2-4,6-7,9H2,1H3,(H,19,20). The lowest BCUT2D eigenvalue weighted by atomic mass is 9.78. The molecule has 0 saturated heterocycles. The molecule has 21 heavy (non-hydrogen) atoms. The second-order valence-electron chi connectivity index (χ2n) is 5.58. The molecule has 1 aliphatic rings. The third-order valence-corrected chi connectivity index (χ3v) is 4.58. The van der Waals surface area contributed by atoms with Gasteiger partial charge in [-0.25, -0.2) is 0 Å². The van der Waals surface area contributed by atoms with Gasteiger partial charge in [-0.05, 0) is 18.9 Å². The number of pyridine rings is 1. The van der Waals surface area contributed by atoms with Gasteiger partial charge in [0, 0.05) is 19.4 Å². The van der Waals surface area contributed by atoms with Crippen molar-refractivity contribution >= 4 is 23.5 Å². The molecule has 1 heterocycles. The monoisotopic (exact) mass is 310 g/mol. The molecule has 0 bridgehead atoms. The highest BCUT2D eigenvalue weighted by Crippen LogP contribution is 2.37. The van der Waals surface area contributed by atoms with E-state index in [1.165, 1.54) is 12.4 Å². The molecule has 1 aromatic rings. The van der Waals surface area contributed by atoms with Crippen LogP contribution < -0.4 is 0 Å². The summed E-state index contributed by atoms with van der Waals surface area (Å²) in [5, 5.41) is 9.50. The fraction of sp³-hybridized carbons (Fsp3) is 0.533. The van der Waals surface area contributed by atoms with E-state index in [1.807, 2.05) is 0 Å². The summed E-state index contributed by atoms with van der Waals surface area (Å²) in [6.07, 6.45) is 7.29. The van der Waals surface area contributed by atoms with E-state index in [0.29, 0.717) is 18.4 Å². The predicted molar refractivity (Wildman–Crippen MR) is 79.4 cm³/mol. The van der Waals surface area contributed by atoms with Crippen LogP contribution >= 0.6 is 11.6 Å². The second-order valence-corrected chi connectivity index (χ2v) is 5.98. The zero-order valence-electron chi connectivity index (χ0n) is 12.0. The summed E-state index contributed by atoms with van der Waals surface area (Å²) in [7, 11) is 1.67. The molecule has 0 unspecified atom stereocenters. The molecular weight excluding hydrogens is 292 g/mol. The number of aromatic nitrogens is 1. The number of rotatable bonds is 4. The third-order valence-electron chi connectivity index (χ3n) is 4.28. The normalized spacial score (nSPS) is 17.2. The van der Waals surface area contributed by atoms with E-state index < -0.39 is 11.5 Å². The van der Waals surface area contributed by atoms with E-state index in [2.05, 4.69) is 4.98 Å². The summed E-state index contributed by atoms with van der Waals surface area (Å²) in [5.74, 6) is -1.12. The van der Waals surface area contributed by atoms with Crippen LogP contribution in [0.15, 0.2) is 18.5 Å². The van der Waals surface area contributed by atoms with Crippen LogP contribution in [0.4, 0.5) is 0 Å². The number of nitrogens with zero attached hydrogens (tertiary/aromatic N) is 2. The Bertz CT molecular complexity index is 541. The van der Waals surface area contributed by atoms with Crippen molar-refractivity contribution in [2.45, 2.75) is 44.1 Å². The van der Waals surface area contributed by atoms with Crippen molar-refractivity contribution in [2.24, 2.45) is 0 Å². The van der Waals surface area contributed by atoms with Gasteiger partial charge in [-0.1, -0.05) is 30.9 Å². The summed E-state index contributed by atoms with van der Waals surface area (Å²) in [6, 6.07) is 1.57. The van der Waals surface area contributed by atoms with Gasteiger partial charge in [-0.2, -0.15) is 0 Å². The van der Waals surface area contributed by atoms with Crippen molar-refractivity contribution in [1.82, 2.24) is 9.88 Å². The van der Waals surface area contributed by atoms with E-state index >= 15 is 0 Å². The Morgan fingerprint density at radius 1 is 1.38 bits per heavy atom. The van der Waals surface area contributed by atoms with Crippen molar-refractivity contribution in [1.29, 1.82) is 0 Å². The first-order valence-electron chi connectivity index (χ1n) is 7.06. The highest BCUT2D eigenvalue weighted by Gasteiger charge is 2.41. The van der Waals surface area contributed by atoms with Gasteiger partial charge >= 0.3 is 5.97 Å². The highest BCUT2D eigenvalue weighted by atomic mass is 35.5. The number of halogens is 1. The van der Waals surface area contributed by atoms with Crippen molar-refractivity contribution in [3.05, 3.63) is 29.0 Å². The predicted octanol–water partition coefficient (Wildman–Crippen LogP) is 2.98. The van der Waals surface area contributed by atoms with Crippen LogP contribution in [0.3, 0.4) is 0 Å². The Morgan fingerprint density at radius 2 is 2.05 bits per heavy atom. The molecule has 0 atom stereocenters. The lowest BCUT2D eigenvalue weighted by Gasteiger charge is -2.44. The SMILES string of the molecule is CN(C(=O)c1ccncc1Cl)C1(CC(=O)O)CCCCC1. The van der Waals surface area contributed by atoms with Gasteiger partial charge in [0.25, 0.3) is 5.91 Å². The number of carbonyl (C=O) groups is 2. The van der Waals surface area contributed by atoms with Crippen LogP contribution in [0.2, 0.25) is 5.02 Å². The molecule has 0 spiro atoms. The van der Waals surface area contributed by atoms with Crippen LogP contribution in [0.5, 0.6) is 0 Å². The lowest BCUT2D eigenvalue weighted by Crippen LogP contribution is -2.52. The number of hydrogen-bond donors (Lipinski definition) is 1. The van der Waals surface area contributed by atoms with E-state index in [9.17, 15) is 14.7 Å². The summed E-state index contributed by atoms with van der Waals surface area (Å²) in [6.45, 7) is 0. The Morgan fingerprint density at radius 3 is 2.62 bits per heavy atom. The molecule has 1 amide bonds. The first-order valence-corrected chi connectivity index (χ1v) is 7.43. The smallest absolute Gasteiger partial charge is 0.305 e. The number of aliphatic carboxylic acids is 1. The Balaban J connectivity index is 2.29. The molecule has 0 radical (unpaired) electrons. The maximum absolute atomic E-state index is 12.7. The number of carboxylic acids is 1. The summed E-state index contributed by atoms with van der Waals surface area (Å²) < 4.78 is 0. The van der Waals surface area contributed by atoms with Crippen LogP contribution in [0.1, 0.15) is 48.9 Å². The first kappa shape index (κ1) is 15.8. The van der Waals surface area contributed by atoms with E-state index in [0.717, 1.165) is 19.3 Å². The summed E-state index contributed by atoms with van der Waals surface area (Å²) in [4.78, 5) is 29.3. The van der Waals surface area contributed by atoms with Crippen LogP contribution in [0, 0.1) is 0 Å². The van der Waals surface area contributed by atoms with Gasteiger partial charge in [0.1, 0.15) is 0 Å². The molecule has 1 fully saturated rings. The number of hydrogen-bond acceptors (Lipinski definition) is 3. The number of amides is 1. The maximum Gasteiger partial charge on any atom is 0.305 e. The zero-order chi connectivity index (χ0) is 15.5. The van der Waals surface area contributed by atoms with Gasteiger partial charge in [0.05, 0.1) is 22.5 Å². The summed E-state index contributed by atoms with van der Waals surface area (Å²) >= 11 is 6.03. The Kier molecular flexibility index (Phi) is 4.83. The van der Waals surface area contributed by atoms with E-state index in [1.54, 1.807) is 18.0 Å². The zero-order valence-corrected chi connectivity index (χ0v) is 12.8. The molecule has 1 aliphatic carbocycles. The van der Waals surface area contributed by atoms with Crippen LogP contribution in [-0.2, 0) is 4.79 Å². The van der Waals surface area contributed by atoms with Crippen molar-refractivity contribution in [2.75, 3.05) is 7.05 Å². The van der Waals surface area contributed by atoms with Crippen LogP contribution in [0.25, 0.3) is 0 Å². The molecule has 0 aliphatic heterocycles. The average Bonchev–Trinajstić information content (AvgIpc) is 2.46. The average molecular weight is 311 g/mol. The molecule has 1 N–H and O–H groups in total. The molecular formula is C15H19ClN2O3. The molecule has 1 saturated carbocycles. The molecule has 0 aromatic carbocycles. The van der Waals surface area contributed by atoms with E-state index in [-0.39, 0.29) is 17.4 Å². The van der Waals surface area contributed by atoms with Crippen molar-refractivity contribution in [3.63, 3.8) is 0 Å². The largest absolute Gasteiger partial charge is 0.481 e. The maximum atomic E-state index is 12.7. The quantitative estimate of drug-likeness (QED) is 0.928. The third kappa shape index (κ3) is 3.35. The fourth-order valence-corrected chi connectivity index (χ4v) is 3.27. The van der Waals surface area contributed by atoms with Crippen molar-refractivity contribution in [3.8, 4) is 0 Å². The Labute approximate surface area is 128 Å². The number of carbonyl (C=O) groups excluding carboxylic acids is 1. The lowest BCUT2D eigenvalue weighted by molar-refractivity contribution is -0.140. The van der Waals surface area contributed by atoms with Crippen molar-refractivity contribution < 1.29 is 14.7 Å². The van der Waals surface area contributed by atoms with Crippen LogP contribution in [-0.4, -0.2) is 39.5 Å². The molecule has 5 nitrogen and oxygen atoms in total. The fourth-order valence-electron chi connectivity index (χ4n) is 3.07. The van der Waals surface area contributed by atoms with Gasteiger partial charge in [-0.3, -0.25) is 14.6 Å². The highest BCUT2D eigenvalue weighted by molar-refractivity contribution is 6.33. The Hall–Kier alpha value is -1.62. The molecule has 114 valence electrons. The number of carboxylic acid groups (broad SMARTS) is 1. The minimum absolute atomic E-state index is 0.0298. The van der Waals surface area contributed by atoms with Gasteiger partial charge in [-0.15, -0.1) is 0 Å².